The van der Waals surface area contributed by atoms with E-state index in [1.165, 1.54) is 13.2 Å². The van der Waals surface area contributed by atoms with Crippen molar-refractivity contribution >= 4 is 5.97 Å². The number of esters is 1. The van der Waals surface area contributed by atoms with Crippen LogP contribution < -0.4 is 0 Å². The lowest BCUT2D eigenvalue weighted by atomic mass is 9.94. The summed E-state index contributed by atoms with van der Waals surface area (Å²) in [6, 6.07) is 0. The fourth-order valence-electron chi connectivity index (χ4n) is 1.59. The summed E-state index contributed by atoms with van der Waals surface area (Å²) in [4.78, 5) is 11.3. The summed E-state index contributed by atoms with van der Waals surface area (Å²) < 4.78 is 9.69. The summed E-state index contributed by atoms with van der Waals surface area (Å²) >= 11 is 0. The van der Waals surface area contributed by atoms with Gasteiger partial charge in [-0.1, -0.05) is 32.9 Å². The predicted molar refractivity (Wildman–Crippen MR) is 61.3 cm³/mol. The number of methoxy groups -OCH3 is 1. The van der Waals surface area contributed by atoms with Crippen LogP contribution >= 0.6 is 0 Å². The fraction of sp³-hybridized carbons (Fsp3) is 0.750. The van der Waals surface area contributed by atoms with E-state index < -0.39 is 30.4 Å². The molecule has 2 N–H and O–H groups in total. The smallest absolute Gasteiger partial charge is 0.338 e. The van der Waals surface area contributed by atoms with Gasteiger partial charge in [0.1, 0.15) is 12.2 Å². The Balaban J connectivity index is 2.69. The average Bonchev–Trinajstić information content (AvgIpc) is 2.49. The van der Waals surface area contributed by atoms with Crippen molar-refractivity contribution in [3.63, 3.8) is 0 Å². The SMILES string of the molecule is CO[C@H]1C(=O)O[C@@H]([C@H](O)/C=C\C(C)(C)C)[C@H]1O. The zero-order chi connectivity index (χ0) is 13.2. The van der Waals surface area contributed by atoms with E-state index in [9.17, 15) is 15.0 Å². The highest BCUT2D eigenvalue weighted by Gasteiger charge is 2.46. The van der Waals surface area contributed by atoms with Crippen LogP contribution in [0.5, 0.6) is 0 Å². The molecule has 5 heteroatoms. The maximum absolute atomic E-state index is 11.3. The molecular formula is C12H20O5. The minimum Gasteiger partial charge on any atom is -0.454 e. The van der Waals surface area contributed by atoms with Crippen molar-refractivity contribution in [3.8, 4) is 0 Å². The van der Waals surface area contributed by atoms with E-state index in [1.807, 2.05) is 20.8 Å². The van der Waals surface area contributed by atoms with Gasteiger partial charge in [-0.15, -0.1) is 0 Å². The van der Waals surface area contributed by atoms with Crippen LogP contribution in [0.1, 0.15) is 20.8 Å². The molecule has 1 saturated heterocycles. The van der Waals surface area contributed by atoms with Crippen molar-refractivity contribution < 1.29 is 24.5 Å². The highest BCUT2D eigenvalue weighted by Crippen LogP contribution is 2.23. The van der Waals surface area contributed by atoms with Crippen LogP contribution in [-0.4, -0.2) is 47.7 Å². The Hall–Kier alpha value is -0.910. The fourth-order valence-corrected chi connectivity index (χ4v) is 1.59. The second-order valence-corrected chi connectivity index (χ2v) is 5.26. The summed E-state index contributed by atoms with van der Waals surface area (Å²) in [6.07, 6.45) is -0.832. The normalized spacial score (nSPS) is 31.9. The lowest BCUT2D eigenvalue weighted by Gasteiger charge is -2.19. The first kappa shape index (κ1) is 14.2. The van der Waals surface area contributed by atoms with Gasteiger partial charge in [0, 0.05) is 7.11 Å². The first-order valence-electron chi connectivity index (χ1n) is 5.55. The third-order valence-corrected chi connectivity index (χ3v) is 2.52. The van der Waals surface area contributed by atoms with Gasteiger partial charge in [-0.25, -0.2) is 4.79 Å². The average molecular weight is 244 g/mol. The largest absolute Gasteiger partial charge is 0.454 e. The number of rotatable bonds is 3. The molecule has 5 nitrogen and oxygen atoms in total. The lowest BCUT2D eigenvalue weighted by molar-refractivity contribution is -0.150. The molecule has 0 aromatic heterocycles. The monoisotopic (exact) mass is 244 g/mol. The van der Waals surface area contributed by atoms with Crippen molar-refractivity contribution in [2.75, 3.05) is 7.11 Å². The van der Waals surface area contributed by atoms with E-state index in [1.54, 1.807) is 6.08 Å². The topological polar surface area (TPSA) is 76.0 Å². The quantitative estimate of drug-likeness (QED) is 0.550. The first-order chi connectivity index (χ1) is 7.76. The Kier molecular flexibility index (Phi) is 4.30. The Morgan fingerprint density at radius 2 is 2.06 bits per heavy atom. The van der Waals surface area contributed by atoms with Crippen molar-refractivity contribution in [3.05, 3.63) is 12.2 Å². The minimum atomic E-state index is -1.15. The maximum Gasteiger partial charge on any atom is 0.338 e. The molecule has 0 spiro atoms. The number of cyclic esters (lactones) is 1. The molecule has 0 saturated carbocycles. The van der Waals surface area contributed by atoms with Gasteiger partial charge < -0.3 is 19.7 Å². The van der Waals surface area contributed by atoms with E-state index in [2.05, 4.69) is 0 Å². The molecule has 0 aliphatic carbocycles. The molecule has 0 bridgehead atoms. The maximum atomic E-state index is 11.3. The van der Waals surface area contributed by atoms with Gasteiger partial charge in [-0.2, -0.15) is 0 Å². The van der Waals surface area contributed by atoms with Gasteiger partial charge in [0.15, 0.2) is 12.2 Å². The standard InChI is InChI=1S/C12H20O5/c1-12(2,3)6-5-7(13)9-8(14)10(16-4)11(15)17-9/h5-10,13-14H,1-4H3/b6-5-/t7-,8-,9+,10-/m1/s1. The number of hydrogen-bond acceptors (Lipinski definition) is 5. The molecule has 1 fully saturated rings. The third-order valence-electron chi connectivity index (χ3n) is 2.52. The van der Waals surface area contributed by atoms with Crippen molar-refractivity contribution in [1.29, 1.82) is 0 Å². The Labute approximate surface area is 101 Å². The van der Waals surface area contributed by atoms with Crippen LogP contribution in [0, 0.1) is 5.41 Å². The molecule has 1 rings (SSSR count). The molecular weight excluding hydrogens is 224 g/mol. The third kappa shape index (κ3) is 3.52. The second-order valence-electron chi connectivity index (χ2n) is 5.26. The van der Waals surface area contributed by atoms with E-state index in [0.29, 0.717) is 0 Å². The van der Waals surface area contributed by atoms with Gasteiger partial charge in [0.2, 0.25) is 0 Å². The van der Waals surface area contributed by atoms with Crippen LogP contribution in [0.15, 0.2) is 12.2 Å². The van der Waals surface area contributed by atoms with Crippen LogP contribution in [-0.2, 0) is 14.3 Å². The molecule has 1 aliphatic heterocycles. The molecule has 0 amide bonds. The number of hydrogen-bond donors (Lipinski definition) is 2. The van der Waals surface area contributed by atoms with Gasteiger partial charge in [-0.3, -0.25) is 0 Å². The number of carbonyl (C=O) groups is 1. The van der Waals surface area contributed by atoms with Crippen LogP contribution in [0.25, 0.3) is 0 Å². The molecule has 0 radical (unpaired) electrons. The lowest BCUT2D eigenvalue weighted by Crippen LogP contribution is -2.38. The summed E-state index contributed by atoms with van der Waals surface area (Å²) in [5.74, 6) is -0.645. The Bertz CT molecular complexity index is 305. The molecule has 0 unspecified atom stereocenters. The van der Waals surface area contributed by atoms with Crippen LogP contribution in [0.2, 0.25) is 0 Å². The van der Waals surface area contributed by atoms with Crippen molar-refractivity contribution in [2.45, 2.75) is 45.2 Å². The summed E-state index contributed by atoms with van der Waals surface area (Å²) in [6.45, 7) is 5.93. The number of allylic oxidation sites excluding steroid dienone is 1. The zero-order valence-electron chi connectivity index (χ0n) is 10.6. The van der Waals surface area contributed by atoms with E-state index >= 15 is 0 Å². The Morgan fingerprint density at radius 3 is 2.47 bits per heavy atom. The zero-order valence-corrected chi connectivity index (χ0v) is 10.6. The summed E-state index contributed by atoms with van der Waals surface area (Å²) in [5.41, 5.74) is -0.0881. The Morgan fingerprint density at radius 1 is 1.47 bits per heavy atom. The van der Waals surface area contributed by atoms with Gasteiger partial charge in [0.25, 0.3) is 0 Å². The summed E-state index contributed by atoms with van der Waals surface area (Å²) in [5, 5.41) is 19.6. The summed E-state index contributed by atoms with van der Waals surface area (Å²) in [7, 11) is 1.31. The molecule has 1 heterocycles. The van der Waals surface area contributed by atoms with Crippen molar-refractivity contribution in [1.82, 2.24) is 0 Å². The second kappa shape index (κ2) is 5.16. The molecule has 4 atom stereocenters. The van der Waals surface area contributed by atoms with Crippen LogP contribution in [0.4, 0.5) is 0 Å². The molecule has 17 heavy (non-hydrogen) atoms. The highest BCUT2D eigenvalue weighted by atomic mass is 16.6. The molecule has 98 valence electrons. The van der Waals surface area contributed by atoms with Gasteiger partial charge >= 0.3 is 5.97 Å². The predicted octanol–water partition coefficient (Wildman–Crippen LogP) is 0.251. The van der Waals surface area contributed by atoms with E-state index in [4.69, 9.17) is 9.47 Å². The van der Waals surface area contributed by atoms with Gasteiger partial charge in [0.05, 0.1) is 0 Å². The van der Waals surface area contributed by atoms with Crippen molar-refractivity contribution in [2.24, 2.45) is 5.41 Å². The van der Waals surface area contributed by atoms with Gasteiger partial charge in [-0.05, 0) is 5.41 Å². The van der Waals surface area contributed by atoms with E-state index in [-0.39, 0.29) is 5.41 Å². The highest BCUT2D eigenvalue weighted by molar-refractivity contribution is 5.78. The minimum absolute atomic E-state index is 0.0881. The van der Waals surface area contributed by atoms with E-state index in [0.717, 1.165) is 0 Å². The molecule has 0 aromatic rings. The van der Waals surface area contributed by atoms with Crippen LogP contribution in [0.3, 0.4) is 0 Å². The number of ether oxygens (including phenoxy) is 2. The first-order valence-corrected chi connectivity index (χ1v) is 5.55. The number of aliphatic hydroxyl groups excluding tert-OH is 2. The molecule has 0 aromatic carbocycles. The number of carbonyl (C=O) groups excluding carboxylic acids is 1. The molecule has 1 aliphatic rings. The number of aliphatic hydroxyl groups is 2.